The van der Waals surface area contributed by atoms with E-state index in [2.05, 4.69) is 65.0 Å². The molecule has 0 saturated carbocycles. The van der Waals surface area contributed by atoms with Crippen LogP contribution in [0.4, 0.5) is 15.3 Å². The van der Waals surface area contributed by atoms with Crippen LogP contribution in [0.1, 0.15) is 109 Å². The topological polar surface area (TPSA) is 186 Å². The summed E-state index contributed by atoms with van der Waals surface area (Å²) in [6, 6.07) is 13.0. The maximum Gasteiger partial charge on any atom is 0.407 e. The first-order valence-electron chi connectivity index (χ1n) is 24.9. The molecule has 10 rings (SSSR count). The summed E-state index contributed by atoms with van der Waals surface area (Å²) < 4.78 is 28.4. The van der Waals surface area contributed by atoms with Crippen LogP contribution in [0, 0.1) is 11.8 Å². The zero-order chi connectivity index (χ0) is 48.2. The number of ether oxygens (including phenoxy) is 5. The lowest BCUT2D eigenvalue weighted by molar-refractivity contribution is -0.140. The fourth-order valence-electron chi connectivity index (χ4n) is 12.5. The molecular weight excluding hydrogens is 879 g/mol. The summed E-state index contributed by atoms with van der Waals surface area (Å²) in [5, 5.41) is 7.95. The zero-order valence-electron chi connectivity index (χ0n) is 40.7. The van der Waals surface area contributed by atoms with Gasteiger partial charge in [0.05, 0.1) is 68.3 Å². The monoisotopic (exact) mass is 943 g/mol. The van der Waals surface area contributed by atoms with Crippen molar-refractivity contribution in [2.24, 2.45) is 16.8 Å². The number of carbonyl (C=O) groups excluding carboxylic acids is 4. The van der Waals surface area contributed by atoms with Crippen LogP contribution in [-0.2, 0) is 41.6 Å². The van der Waals surface area contributed by atoms with Gasteiger partial charge in [-0.05, 0) is 155 Å². The normalized spacial score (nSPS) is 28.2. The SMILES string of the molecule is COC(=O)N[C@H](C(=O)N1CCC[C@H]1C1=Nc2ccc3cc4c(cc3c2C1)OCc1cc(-c2cnc([C@@H]3CC[C@H](C)N3C(=O)[C@@H](NC(=O)OC)C3C[C@@H](C)O[C@H](C)C3)[nH]2)ccc1-4)C1C[C@@H](C)O[C@H](C)C1. The highest BCUT2D eigenvalue weighted by atomic mass is 16.5. The molecule has 0 bridgehead atoms. The molecule has 1 aromatic heterocycles. The molecule has 6 aliphatic heterocycles. The first kappa shape index (κ1) is 46.7. The van der Waals surface area contributed by atoms with Crippen molar-refractivity contribution in [1.82, 2.24) is 30.4 Å². The smallest absolute Gasteiger partial charge is 0.407 e. The van der Waals surface area contributed by atoms with E-state index in [1.165, 1.54) is 14.2 Å². The Kier molecular flexibility index (Phi) is 12.9. The molecule has 6 aliphatic rings. The summed E-state index contributed by atoms with van der Waals surface area (Å²) in [5.41, 5.74) is 7.99. The van der Waals surface area contributed by atoms with Gasteiger partial charge in [0.15, 0.2) is 0 Å². The average molecular weight is 944 g/mol. The number of alkyl carbamates (subject to hydrolysis) is 2. The highest BCUT2D eigenvalue weighted by Gasteiger charge is 2.45. The number of nitrogens with zero attached hydrogens (tertiary/aromatic N) is 4. The van der Waals surface area contributed by atoms with Gasteiger partial charge in [0.2, 0.25) is 11.8 Å². The van der Waals surface area contributed by atoms with Crippen LogP contribution in [0.2, 0.25) is 0 Å². The van der Waals surface area contributed by atoms with E-state index in [9.17, 15) is 19.2 Å². The Hall–Kier alpha value is -6.00. The summed E-state index contributed by atoms with van der Waals surface area (Å²) in [5.74, 6) is 1.14. The lowest BCUT2D eigenvalue weighted by Gasteiger charge is -2.39. The van der Waals surface area contributed by atoms with Gasteiger partial charge in [0.25, 0.3) is 0 Å². The van der Waals surface area contributed by atoms with Gasteiger partial charge in [0, 0.05) is 30.3 Å². The Morgan fingerprint density at radius 3 is 2.10 bits per heavy atom. The quantitative estimate of drug-likeness (QED) is 0.147. The van der Waals surface area contributed by atoms with Gasteiger partial charge in [-0.3, -0.25) is 14.6 Å². The van der Waals surface area contributed by atoms with Gasteiger partial charge in [-0.15, -0.1) is 0 Å². The Bertz CT molecular complexity index is 2660. The number of aromatic nitrogens is 2. The molecule has 16 heteroatoms. The van der Waals surface area contributed by atoms with E-state index in [1.54, 1.807) is 0 Å². The third-order valence-electron chi connectivity index (χ3n) is 15.5. The Morgan fingerprint density at radius 2 is 1.43 bits per heavy atom. The molecule has 4 fully saturated rings. The number of benzene rings is 3. The summed E-state index contributed by atoms with van der Waals surface area (Å²) in [6.07, 6.45) is 7.02. The maximum absolute atomic E-state index is 14.5. The fourth-order valence-corrected chi connectivity index (χ4v) is 12.5. The Balaban J connectivity index is 0.858. The maximum atomic E-state index is 14.5. The molecule has 0 aliphatic carbocycles. The number of hydrogen-bond donors (Lipinski definition) is 3. The number of amides is 4. The number of carbonyl (C=O) groups is 4. The van der Waals surface area contributed by atoms with Crippen molar-refractivity contribution in [3.05, 3.63) is 65.6 Å². The summed E-state index contributed by atoms with van der Waals surface area (Å²) in [7, 11) is 2.64. The van der Waals surface area contributed by atoms with Crippen LogP contribution in [0.5, 0.6) is 5.75 Å². The molecule has 69 heavy (non-hydrogen) atoms. The van der Waals surface area contributed by atoms with E-state index in [1.807, 2.05) is 43.7 Å². The van der Waals surface area contributed by atoms with Crippen molar-refractivity contribution in [2.75, 3.05) is 20.8 Å². The molecule has 0 radical (unpaired) electrons. The van der Waals surface area contributed by atoms with Crippen molar-refractivity contribution in [1.29, 1.82) is 0 Å². The van der Waals surface area contributed by atoms with Crippen LogP contribution in [0.3, 0.4) is 0 Å². The second-order valence-electron chi connectivity index (χ2n) is 20.3. The van der Waals surface area contributed by atoms with E-state index in [4.69, 9.17) is 33.7 Å². The van der Waals surface area contributed by atoms with Crippen molar-refractivity contribution < 1.29 is 42.9 Å². The van der Waals surface area contributed by atoms with E-state index in [0.29, 0.717) is 51.1 Å². The number of imidazole rings is 1. The van der Waals surface area contributed by atoms with E-state index in [0.717, 1.165) is 87.1 Å². The summed E-state index contributed by atoms with van der Waals surface area (Å²) in [4.78, 5) is 71.5. The standard InChI is InChI=1S/C53H65N7O9/c1-27-10-15-45(60(27)51(62)48(58-53(64)66-7)35-19-30(4)69-31(5)20-35)49-54-25-43(56-49)33-11-13-37-36(21-33)26-67-46-24-38-32(22-40(37)46)12-14-41-39(38)23-42(55-41)44-9-8-16-59(44)50(61)47(57-52(63)65-6)34-17-28(2)68-29(3)18-34/h11-14,21-22,24-25,27-31,34-35,44-45,47-48H,8-10,15-20,23,26H2,1-7H3,(H,54,56)(H,57,63)(H,58,64)/t27-,28+,29+,30+,31+,44-,45-,47-,48-/m0/s1. The van der Waals surface area contributed by atoms with Gasteiger partial charge in [-0.25, -0.2) is 14.6 Å². The van der Waals surface area contributed by atoms with E-state index in [-0.39, 0.29) is 66.2 Å². The van der Waals surface area contributed by atoms with Crippen LogP contribution in [-0.4, -0.2) is 119 Å². The molecule has 0 unspecified atom stereocenters. The van der Waals surface area contributed by atoms with Crippen molar-refractivity contribution in [3.63, 3.8) is 0 Å². The highest BCUT2D eigenvalue weighted by molar-refractivity contribution is 6.06. The fraction of sp³-hybridized carbons (Fsp3) is 0.547. The number of methoxy groups -OCH3 is 2. The first-order valence-corrected chi connectivity index (χ1v) is 24.9. The third-order valence-corrected chi connectivity index (χ3v) is 15.5. The minimum absolute atomic E-state index is 0.0178. The van der Waals surface area contributed by atoms with E-state index >= 15 is 0 Å². The van der Waals surface area contributed by atoms with Gasteiger partial charge >= 0.3 is 12.2 Å². The van der Waals surface area contributed by atoms with Gasteiger partial charge in [-0.2, -0.15) is 0 Å². The number of aliphatic imine (C=N–C) groups is 1. The largest absolute Gasteiger partial charge is 0.488 e. The second-order valence-corrected chi connectivity index (χ2v) is 20.3. The minimum atomic E-state index is -0.746. The average Bonchev–Trinajstić information content (AvgIpc) is 4.17. The molecular formula is C53H65N7O9. The second kappa shape index (κ2) is 19.1. The molecule has 3 N–H and O–H groups in total. The predicted molar refractivity (Wildman–Crippen MR) is 259 cm³/mol. The summed E-state index contributed by atoms with van der Waals surface area (Å²) >= 11 is 0. The Labute approximate surface area is 403 Å². The van der Waals surface area contributed by atoms with Gasteiger partial charge < -0.3 is 49.1 Å². The highest BCUT2D eigenvalue weighted by Crippen LogP contribution is 2.45. The number of likely N-dealkylation sites (tertiary alicyclic amines) is 2. The molecule has 9 atom stereocenters. The van der Waals surface area contributed by atoms with Crippen molar-refractivity contribution >= 4 is 46.2 Å². The molecule has 4 amide bonds. The van der Waals surface area contributed by atoms with Crippen molar-refractivity contribution in [3.8, 4) is 28.1 Å². The van der Waals surface area contributed by atoms with Crippen LogP contribution in [0.25, 0.3) is 33.2 Å². The molecule has 0 spiro atoms. The first-order chi connectivity index (χ1) is 33.3. The predicted octanol–water partition coefficient (Wildman–Crippen LogP) is 8.32. The molecule has 4 aromatic rings. The lowest BCUT2D eigenvalue weighted by Crippen LogP contribution is -2.56. The van der Waals surface area contributed by atoms with Crippen LogP contribution >= 0.6 is 0 Å². The molecule has 4 saturated heterocycles. The number of hydrogen-bond acceptors (Lipinski definition) is 11. The van der Waals surface area contributed by atoms with Gasteiger partial charge in [0.1, 0.15) is 30.3 Å². The van der Waals surface area contributed by atoms with Crippen molar-refractivity contribution in [2.45, 2.75) is 154 Å². The minimum Gasteiger partial charge on any atom is -0.488 e. The Morgan fingerprint density at radius 1 is 0.768 bits per heavy atom. The zero-order valence-corrected chi connectivity index (χ0v) is 40.7. The number of fused-ring (bicyclic) bond motifs is 6. The number of aromatic amines is 1. The molecule has 366 valence electrons. The molecule has 3 aromatic carbocycles. The molecule has 16 nitrogen and oxygen atoms in total. The molecule has 7 heterocycles. The number of H-pyrrole nitrogens is 1. The van der Waals surface area contributed by atoms with Crippen LogP contribution in [0.15, 0.2) is 53.7 Å². The third kappa shape index (κ3) is 9.06. The van der Waals surface area contributed by atoms with E-state index < -0.39 is 24.3 Å². The summed E-state index contributed by atoms with van der Waals surface area (Å²) in [6.45, 7) is 11.1. The lowest BCUT2D eigenvalue weighted by atomic mass is 9.85. The number of nitrogens with one attached hydrogen (secondary N) is 3. The van der Waals surface area contributed by atoms with Crippen LogP contribution < -0.4 is 15.4 Å². The van der Waals surface area contributed by atoms with Gasteiger partial charge in [-0.1, -0.05) is 18.2 Å². The number of rotatable bonds is 9.